The SMILES string of the molecule is CCC(C)C(C(=O)Nc1cccc(-c2csc(-c3cccnc3)n2)c1)N1C(=O)c2ccccc2C1=O. The fourth-order valence-corrected chi connectivity index (χ4v) is 5.13. The summed E-state index contributed by atoms with van der Waals surface area (Å²) in [5, 5.41) is 5.75. The van der Waals surface area contributed by atoms with Crippen molar-refractivity contribution in [1.82, 2.24) is 14.9 Å². The average Bonchev–Trinajstić information content (AvgIpc) is 3.50. The molecular formula is C28H24N4O3S. The Morgan fingerprint density at radius 2 is 1.72 bits per heavy atom. The number of hydrogen-bond donors (Lipinski definition) is 1. The number of hydrogen-bond acceptors (Lipinski definition) is 6. The van der Waals surface area contributed by atoms with Crippen molar-refractivity contribution in [2.24, 2.45) is 5.92 Å². The molecule has 4 aromatic rings. The van der Waals surface area contributed by atoms with Crippen LogP contribution in [0.5, 0.6) is 0 Å². The molecule has 0 fully saturated rings. The summed E-state index contributed by atoms with van der Waals surface area (Å²) in [6.45, 7) is 3.81. The molecule has 0 bridgehead atoms. The Bertz CT molecular complexity index is 1410. The molecule has 2 aromatic heterocycles. The predicted molar refractivity (Wildman–Crippen MR) is 140 cm³/mol. The molecule has 0 spiro atoms. The molecule has 5 rings (SSSR count). The van der Waals surface area contributed by atoms with Crippen LogP contribution in [0.25, 0.3) is 21.8 Å². The van der Waals surface area contributed by atoms with Crippen LogP contribution in [0.4, 0.5) is 5.69 Å². The summed E-state index contributed by atoms with van der Waals surface area (Å²) in [7, 11) is 0. The first-order chi connectivity index (χ1) is 17.5. The molecule has 2 atom stereocenters. The zero-order valence-corrected chi connectivity index (χ0v) is 20.7. The maximum atomic E-state index is 13.5. The van der Waals surface area contributed by atoms with E-state index in [1.165, 1.54) is 11.3 Å². The molecule has 3 heterocycles. The van der Waals surface area contributed by atoms with Gasteiger partial charge in [-0.1, -0.05) is 44.5 Å². The van der Waals surface area contributed by atoms with Gasteiger partial charge in [-0.2, -0.15) is 0 Å². The van der Waals surface area contributed by atoms with E-state index in [1.807, 2.05) is 49.6 Å². The quantitative estimate of drug-likeness (QED) is 0.340. The van der Waals surface area contributed by atoms with Crippen molar-refractivity contribution in [1.29, 1.82) is 0 Å². The summed E-state index contributed by atoms with van der Waals surface area (Å²) in [6.07, 6.45) is 4.12. The second kappa shape index (κ2) is 9.83. The van der Waals surface area contributed by atoms with Crippen molar-refractivity contribution in [3.05, 3.63) is 89.6 Å². The minimum absolute atomic E-state index is 0.226. The zero-order chi connectivity index (χ0) is 25.2. The summed E-state index contributed by atoms with van der Waals surface area (Å²) >= 11 is 1.52. The lowest BCUT2D eigenvalue weighted by Gasteiger charge is -2.29. The van der Waals surface area contributed by atoms with Crippen LogP contribution in [-0.4, -0.2) is 38.6 Å². The Balaban J connectivity index is 1.40. The lowest BCUT2D eigenvalue weighted by Crippen LogP contribution is -2.50. The van der Waals surface area contributed by atoms with E-state index in [-0.39, 0.29) is 5.92 Å². The standard InChI is InChI=1S/C28H24N4O3S/c1-3-17(2)24(32-27(34)21-11-4-5-12-22(21)28(32)35)25(33)30-20-10-6-8-18(14-20)23-16-36-26(31-23)19-9-7-13-29-15-19/h4-17,24H,3H2,1-2H3,(H,30,33). The predicted octanol–water partition coefficient (Wildman–Crippen LogP) is 5.52. The van der Waals surface area contributed by atoms with Gasteiger partial charge in [0.05, 0.1) is 16.8 Å². The van der Waals surface area contributed by atoms with Gasteiger partial charge in [-0.05, 0) is 42.3 Å². The molecule has 7 nitrogen and oxygen atoms in total. The largest absolute Gasteiger partial charge is 0.324 e. The van der Waals surface area contributed by atoms with Gasteiger partial charge in [-0.3, -0.25) is 24.3 Å². The Hall–Kier alpha value is -4.17. The number of pyridine rings is 1. The molecule has 0 radical (unpaired) electrons. The van der Waals surface area contributed by atoms with E-state index in [4.69, 9.17) is 4.98 Å². The van der Waals surface area contributed by atoms with Gasteiger partial charge >= 0.3 is 0 Å². The maximum Gasteiger partial charge on any atom is 0.262 e. The molecule has 0 saturated carbocycles. The van der Waals surface area contributed by atoms with E-state index in [2.05, 4.69) is 10.3 Å². The van der Waals surface area contributed by atoms with E-state index in [1.54, 1.807) is 42.7 Å². The topological polar surface area (TPSA) is 92.3 Å². The average molecular weight is 497 g/mol. The van der Waals surface area contributed by atoms with Crippen LogP contribution >= 0.6 is 11.3 Å². The van der Waals surface area contributed by atoms with Crippen LogP contribution in [0.15, 0.2) is 78.4 Å². The first kappa shape index (κ1) is 23.6. The third kappa shape index (κ3) is 4.31. The van der Waals surface area contributed by atoms with E-state index in [0.29, 0.717) is 23.2 Å². The lowest BCUT2D eigenvalue weighted by atomic mass is 9.96. The van der Waals surface area contributed by atoms with Crippen molar-refractivity contribution < 1.29 is 14.4 Å². The van der Waals surface area contributed by atoms with Gasteiger partial charge in [-0.25, -0.2) is 4.98 Å². The number of fused-ring (bicyclic) bond motifs is 1. The van der Waals surface area contributed by atoms with Crippen LogP contribution < -0.4 is 5.32 Å². The minimum atomic E-state index is -0.928. The van der Waals surface area contributed by atoms with Crippen LogP contribution in [-0.2, 0) is 4.79 Å². The molecule has 180 valence electrons. The van der Waals surface area contributed by atoms with Crippen LogP contribution in [0.3, 0.4) is 0 Å². The first-order valence-corrected chi connectivity index (χ1v) is 12.6. The second-order valence-electron chi connectivity index (χ2n) is 8.71. The van der Waals surface area contributed by atoms with Gasteiger partial charge in [-0.15, -0.1) is 11.3 Å². The third-order valence-corrected chi connectivity index (χ3v) is 7.29. The third-order valence-electron chi connectivity index (χ3n) is 6.39. The maximum absolute atomic E-state index is 13.5. The smallest absolute Gasteiger partial charge is 0.262 e. The molecule has 0 aliphatic carbocycles. The summed E-state index contributed by atoms with van der Waals surface area (Å²) in [5.41, 5.74) is 3.81. The number of nitrogens with zero attached hydrogens (tertiary/aromatic N) is 3. The fourth-order valence-electron chi connectivity index (χ4n) is 4.31. The highest BCUT2D eigenvalue weighted by molar-refractivity contribution is 7.13. The summed E-state index contributed by atoms with van der Waals surface area (Å²) < 4.78 is 0. The van der Waals surface area contributed by atoms with Gasteiger partial charge in [0, 0.05) is 34.6 Å². The number of anilines is 1. The Kier molecular flexibility index (Phi) is 6.43. The highest BCUT2D eigenvalue weighted by Crippen LogP contribution is 2.31. The van der Waals surface area contributed by atoms with Crippen molar-refractivity contribution in [3.63, 3.8) is 0 Å². The lowest BCUT2D eigenvalue weighted by molar-refractivity contribution is -0.121. The van der Waals surface area contributed by atoms with Crippen molar-refractivity contribution >= 4 is 34.7 Å². The number of carbonyl (C=O) groups excluding carboxylic acids is 3. The number of nitrogens with one attached hydrogen (secondary N) is 1. The first-order valence-electron chi connectivity index (χ1n) is 11.7. The molecule has 3 amide bonds. The molecule has 1 aliphatic rings. The highest BCUT2D eigenvalue weighted by Gasteiger charge is 2.44. The van der Waals surface area contributed by atoms with E-state index in [9.17, 15) is 14.4 Å². The Labute approximate surface area is 212 Å². The number of amides is 3. The fraction of sp³-hybridized carbons (Fsp3) is 0.179. The number of rotatable bonds is 7. The number of benzene rings is 2. The number of aromatic nitrogens is 2. The van der Waals surface area contributed by atoms with E-state index in [0.717, 1.165) is 26.7 Å². The highest BCUT2D eigenvalue weighted by atomic mass is 32.1. The monoisotopic (exact) mass is 496 g/mol. The second-order valence-corrected chi connectivity index (χ2v) is 9.56. The van der Waals surface area contributed by atoms with Crippen molar-refractivity contribution in [2.75, 3.05) is 5.32 Å². The van der Waals surface area contributed by atoms with Gasteiger partial charge in [0.2, 0.25) is 5.91 Å². The number of imide groups is 1. The molecule has 36 heavy (non-hydrogen) atoms. The number of thiazole rings is 1. The van der Waals surface area contributed by atoms with E-state index >= 15 is 0 Å². The zero-order valence-electron chi connectivity index (χ0n) is 19.8. The molecule has 2 unspecified atom stereocenters. The summed E-state index contributed by atoms with van der Waals surface area (Å²) in [6, 6.07) is 17.0. The van der Waals surface area contributed by atoms with Gasteiger partial charge in [0.15, 0.2) is 0 Å². The molecule has 8 heteroatoms. The molecule has 1 aliphatic heterocycles. The van der Waals surface area contributed by atoms with Crippen LogP contribution in [0.2, 0.25) is 0 Å². The Morgan fingerprint density at radius 3 is 2.39 bits per heavy atom. The molecule has 0 saturated heterocycles. The summed E-state index contributed by atoms with van der Waals surface area (Å²) in [4.78, 5) is 49.7. The van der Waals surface area contributed by atoms with Gasteiger partial charge < -0.3 is 5.32 Å². The van der Waals surface area contributed by atoms with Gasteiger partial charge in [0.1, 0.15) is 11.0 Å². The normalized spacial score (nSPS) is 14.4. The molecule has 1 N–H and O–H groups in total. The number of carbonyl (C=O) groups is 3. The Morgan fingerprint density at radius 1 is 1.00 bits per heavy atom. The van der Waals surface area contributed by atoms with Gasteiger partial charge in [0.25, 0.3) is 11.8 Å². The van der Waals surface area contributed by atoms with Crippen LogP contribution in [0.1, 0.15) is 41.0 Å². The van der Waals surface area contributed by atoms with Crippen molar-refractivity contribution in [3.8, 4) is 21.8 Å². The van der Waals surface area contributed by atoms with Crippen LogP contribution in [0, 0.1) is 5.92 Å². The summed E-state index contributed by atoms with van der Waals surface area (Å²) in [5.74, 6) is -1.49. The molecule has 2 aromatic carbocycles. The van der Waals surface area contributed by atoms with E-state index < -0.39 is 23.8 Å². The molecular weight excluding hydrogens is 472 g/mol. The van der Waals surface area contributed by atoms with Crippen molar-refractivity contribution in [2.45, 2.75) is 26.3 Å². The minimum Gasteiger partial charge on any atom is -0.324 e.